The van der Waals surface area contributed by atoms with Gasteiger partial charge in [-0.05, 0) is 36.5 Å². The summed E-state index contributed by atoms with van der Waals surface area (Å²) in [5.74, 6) is 0.825. The van der Waals surface area contributed by atoms with E-state index in [1.165, 1.54) is 5.56 Å². The van der Waals surface area contributed by atoms with Crippen LogP contribution in [0.4, 0.5) is 0 Å². The normalized spacial score (nSPS) is 24.2. The molecule has 0 saturated carbocycles. The first kappa shape index (κ1) is 27.0. The first-order chi connectivity index (χ1) is 18.7. The molecule has 3 aliphatic heterocycles. The van der Waals surface area contributed by atoms with Crippen LogP contribution < -0.4 is 0 Å². The second-order valence-electron chi connectivity index (χ2n) is 10.9. The quantitative estimate of drug-likeness (QED) is 0.509. The molecule has 1 aromatic heterocycles. The van der Waals surface area contributed by atoms with Crippen LogP contribution in [0.5, 0.6) is 0 Å². The molecule has 1 amide bonds. The predicted octanol–water partition coefficient (Wildman–Crippen LogP) is 3.24. The van der Waals surface area contributed by atoms with Crippen molar-refractivity contribution in [1.29, 1.82) is 0 Å². The molecule has 7 heteroatoms. The van der Waals surface area contributed by atoms with Gasteiger partial charge in [-0.25, -0.2) is 0 Å². The van der Waals surface area contributed by atoms with E-state index in [1.54, 1.807) is 0 Å². The highest BCUT2D eigenvalue weighted by molar-refractivity contribution is 5.76. The first-order valence-corrected chi connectivity index (χ1v) is 14.4. The van der Waals surface area contributed by atoms with Crippen molar-refractivity contribution in [2.45, 2.75) is 31.8 Å². The number of carbonyl (C=O) groups is 1. The first-order valence-electron chi connectivity index (χ1n) is 14.4. The monoisotopic (exact) mass is 517 g/mol. The fraction of sp³-hybridized carbons (Fsp3) is 0.548. The van der Waals surface area contributed by atoms with Crippen LogP contribution in [0.25, 0.3) is 6.08 Å². The second kappa shape index (κ2) is 14.0. The molecule has 7 nitrogen and oxygen atoms in total. The Morgan fingerprint density at radius 2 is 1.71 bits per heavy atom. The lowest BCUT2D eigenvalue weighted by atomic mass is 9.86. The molecule has 3 saturated heterocycles. The third-order valence-corrected chi connectivity index (χ3v) is 8.33. The Bertz CT molecular complexity index is 1000. The predicted molar refractivity (Wildman–Crippen MR) is 152 cm³/mol. The molecule has 0 N–H and O–H groups in total. The molecular weight excluding hydrogens is 474 g/mol. The molecule has 0 bridgehead atoms. The largest absolute Gasteiger partial charge is 0.379 e. The number of aromatic nitrogens is 1. The van der Waals surface area contributed by atoms with Crippen LogP contribution in [-0.4, -0.2) is 109 Å². The smallest absolute Gasteiger partial charge is 0.222 e. The van der Waals surface area contributed by atoms with Crippen molar-refractivity contribution in [2.24, 2.45) is 5.92 Å². The lowest BCUT2D eigenvalue weighted by Crippen LogP contribution is -2.54. The Hall–Kier alpha value is -2.58. The number of benzene rings is 1. The average Bonchev–Trinajstić information content (AvgIpc) is 2.98. The number of hydrogen-bond donors (Lipinski definition) is 0. The van der Waals surface area contributed by atoms with Crippen LogP contribution in [-0.2, 0) is 16.1 Å². The van der Waals surface area contributed by atoms with Gasteiger partial charge in [0.2, 0.25) is 5.91 Å². The van der Waals surface area contributed by atoms with Gasteiger partial charge in [0, 0.05) is 84.1 Å². The molecule has 3 fully saturated rings. The van der Waals surface area contributed by atoms with E-state index >= 15 is 0 Å². The maximum absolute atomic E-state index is 13.2. The van der Waals surface area contributed by atoms with Crippen molar-refractivity contribution < 1.29 is 9.53 Å². The van der Waals surface area contributed by atoms with Crippen LogP contribution in [0.3, 0.4) is 0 Å². The third-order valence-electron chi connectivity index (χ3n) is 8.33. The van der Waals surface area contributed by atoms with Crippen molar-refractivity contribution in [2.75, 3.05) is 72.1 Å². The van der Waals surface area contributed by atoms with Crippen LogP contribution >= 0.6 is 0 Å². The van der Waals surface area contributed by atoms with E-state index in [1.807, 2.05) is 18.3 Å². The van der Waals surface area contributed by atoms with Crippen molar-refractivity contribution >= 4 is 12.0 Å². The number of likely N-dealkylation sites (tertiary alicyclic amines) is 1. The molecule has 204 valence electrons. The van der Waals surface area contributed by atoms with Crippen molar-refractivity contribution in [1.82, 2.24) is 24.6 Å². The summed E-state index contributed by atoms with van der Waals surface area (Å²) in [5, 5.41) is 0. The maximum Gasteiger partial charge on any atom is 0.222 e. The average molecular weight is 518 g/mol. The van der Waals surface area contributed by atoms with Crippen molar-refractivity contribution in [3.8, 4) is 0 Å². The molecular formula is C31H43N5O2. The Morgan fingerprint density at radius 1 is 0.921 bits per heavy atom. The molecule has 0 aliphatic carbocycles. The number of morpholine rings is 1. The number of pyridine rings is 1. The summed E-state index contributed by atoms with van der Waals surface area (Å²) in [6.45, 7) is 11.2. The fourth-order valence-electron chi connectivity index (χ4n) is 6.18. The summed E-state index contributed by atoms with van der Waals surface area (Å²) in [5.41, 5.74) is 2.36. The summed E-state index contributed by atoms with van der Waals surface area (Å²) in [6, 6.07) is 17.1. The van der Waals surface area contributed by atoms with E-state index < -0.39 is 0 Å². The Kier molecular flexibility index (Phi) is 9.94. The third kappa shape index (κ3) is 7.73. The van der Waals surface area contributed by atoms with Gasteiger partial charge in [-0.15, -0.1) is 0 Å². The Balaban J connectivity index is 1.10. The number of ether oxygens (including phenoxy) is 1. The molecule has 1 aromatic carbocycles. The number of piperidine rings is 1. The van der Waals surface area contributed by atoms with Crippen LogP contribution in [0.1, 0.15) is 30.5 Å². The SMILES string of the molecule is O=C(CC[C@H]1CN(Cc2ccccn2)CC[C@H]1N1CCOCC1)N1CCN(CC=Cc2ccccc2)CC1. The Labute approximate surface area is 228 Å². The summed E-state index contributed by atoms with van der Waals surface area (Å²) >= 11 is 0. The molecule has 5 rings (SSSR count). The summed E-state index contributed by atoms with van der Waals surface area (Å²) < 4.78 is 5.63. The van der Waals surface area contributed by atoms with Gasteiger partial charge < -0.3 is 9.64 Å². The van der Waals surface area contributed by atoms with Gasteiger partial charge >= 0.3 is 0 Å². The van der Waals surface area contributed by atoms with Gasteiger partial charge in [-0.2, -0.15) is 0 Å². The lowest BCUT2D eigenvalue weighted by Gasteiger charge is -2.45. The maximum atomic E-state index is 13.2. The highest BCUT2D eigenvalue weighted by Crippen LogP contribution is 2.28. The van der Waals surface area contributed by atoms with Gasteiger partial charge in [-0.3, -0.25) is 24.5 Å². The van der Waals surface area contributed by atoms with Gasteiger partial charge in [0.25, 0.3) is 0 Å². The zero-order valence-electron chi connectivity index (χ0n) is 22.7. The van der Waals surface area contributed by atoms with E-state index in [0.717, 1.165) is 97.2 Å². The minimum atomic E-state index is 0.326. The van der Waals surface area contributed by atoms with E-state index in [-0.39, 0.29) is 0 Å². The lowest BCUT2D eigenvalue weighted by molar-refractivity contribution is -0.133. The van der Waals surface area contributed by atoms with E-state index in [9.17, 15) is 4.79 Å². The standard InChI is InChI=1S/C31H43N5O2/c37-31(36-19-17-33(18-20-36)15-6-9-27-7-2-1-3-8-27)12-11-28-25-34(26-29-10-4-5-14-32-29)16-13-30(28)35-21-23-38-24-22-35/h1-10,14,28,30H,11-13,15-26H2/t28-,30+/m0/s1. The van der Waals surface area contributed by atoms with Crippen LogP contribution in [0, 0.1) is 5.92 Å². The molecule has 2 aromatic rings. The number of hydrogen-bond acceptors (Lipinski definition) is 6. The fourth-order valence-corrected chi connectivity index (χ4v) is 6.18. The molecule has 38 heavy (non-hydrogen) atoms. The Morgan fingerprint density at radius 3 is 2.47 bits per heavy atom. The van der Waals surface area contributed by atoms with Gasteiger partial charge in [0.15, 0.2) is 0 Å². The van der Waals surface area contributed by atoms with Crippen molar-refractivity contribution in [3.05, 3.63) is 72.1 Å². The zero-order chi connectivity index (χ0) is 26.0. The van der Waals surface area contributed by atoms with Gasteiger partial charge in [0.1, 0.15) is 0 Å². The highest BCUT2D eigenvalue weighted by atomic mass is 16.5. The summed E-state index contributed by atoms with van der Waals surface area (Å²) in [4.78, 5) is 27.5. The minimum Gasteiger partial charge on any atom is -0.379 e. The van der Waals surface area contributed by atoms with Crippen LogP contribution in [0.2, 0.25) is 0 Å². The molecule has 0 unspecified atom stereocenters. The number of carbonyl (C=O) groups excluding carboxylic acids is 1. The van der Waals surface area contributed by atoms with E-state index in [2.05, 4.69) is 73.1 Å². The molecule has 4 heterocycles. The van der Waals surface area contributed by atoms with Gasteiger partial charge in [0.05, 0.1) is 18.9 Å². The molecule has 2 atom stereocenters. The number of amides is 1. The van der Waals surface area contributed by atoms with E-state index in [4.69, 9.17) is 4.74 Å². The summed E-state index contributed by atoms with van der Waals surface area (Å²) in [6.07, 6.45) is 9.06. The molecule has 0 radical (unpaired) electrons. The summed E-state index contributed by atoms with van der Waals surface area (Å²) in [7, 11) is 0. The molecule has 3 aliphatic rings. The number of rotatable bonds is 9. The second-order valence-corrected chi connectivity index (χ2v) is 10.9. The minimum absolute atomic E-state index is 0.326. The topological polar surface area (TPSA) is 52.2 Å². The number of nitrogens with zero attached hydrogens (tertiary/aromatic N) is 5. The highest BCUT2D eigenvalue weighted by Gasteiger charge is 2.34. The van der Waals surface area contributed by atoms with E-state index in [0.29, 0.717) is 24.3 Å². The van der Waals surface area contributed by atoms with Gasteiger partial charge in [-0.1, -0.05) is 48.6 Å². The number of piperazine rings is 1. The zero-order valence-corrected chi connectivity index (χ0v) is 22.7. The van der Waals surface area contributed by atoms with Crippen molar-refractivity contribution in [3.63, 3.8) is 0 Å². The van der Waals surface area contributed by atoms with Crippen LogP contribution in [0.15, 0.2) is 60.8 Å². The molecule has 0 spiro atoms.